The number of aromatic nitrogens is 4. The van der Waals surface area contributed by atoms with E-state index in [0.717, 1.165) is 71.9 Å². The van der Waals surface area contributed by atoms with Crippen molar-refractivity contribution in [2.24, 2.45) is 0 Å². The van der Waals surface area contributed by atoms with Crippen molar-refractivity contribution in [2.75, 3.05) is 23.8 Å². The minimum Gasteiger partial charge on any atom is -0.493 e. The third kappa shape index (κ3) is 10.00. The number of carbonyl (C=O) groups is 2. The number of ether oxygens (including phenoxy) is 2. The highest BCUT2D eigenvalue weighted by Crippen LogP contribution is 2.20. The lowest BCUT2D eigenvalue weighted by Gasteiger charge is -2.08. The van der Waals surface area contributed by atoms with Crippen LogP contribution in [0.5, 0.6) is 11.5 Å². The summed E-state index contributed by atoms with van der Waals surface area (Å²) in [6, 6.07) is 18.8. The number of carbonyl (C=O) groups excluding carboxylic acids is 2. The quantitative estimate of drug-likeness (QED) is 0.259. The molecule has 0 saturated carbocycles. The number of benzene rings is 2. The zero-order valence-electron chi connectivity index (χ0n) is 23.8. The van der Waals surface area contributed by atoms with Crippen LogP contribution in [-0.2, 0) is 35.3 Å². The second-order valence-corrected chi connectivity index (χ2v) is 11.2. The van der Waals surface area contributed by atoms with Crippen molar-refractivity contribution in [3.63, 3.8) is 0 Å². The highest BCUT2D eigenvalue weighted by Gasteiger charge is 2.11. The molecule has 2 amide bonds. The van der Waals surface area contributed by atoms with Crippen LogP contribution in [0.1, 0.15) is 47.5 Å². The fourth-order valence-corrected chi connectivity index (χ4v) is 5.28. The second kappa shape index (κ2) is 15.5. The van der Waals surface area contributed by atoms with Crippen molar-refractivity contribution in [1.82, 2.24) is 20.4 Å². The number of nitrogens with one attached hydrogen (secondary N) is 2. The zero-order chi connectivity index (χ0) is 29.7. The molecular weight excluding hydrogens is 564 g/mol. The van der Waals surface area contributed by atoms with Gasteiger partial charge >= 0.3 is 0 Å². The predicted molar refractivity (Wildman–Crippen MR) is 165 cm³/mol. The van der Waals surface area contributed by atoms with Crippen molar-refractivity contribution in [1.29, 1.82) is 0 Å². The van der Waals surface area contributed by atoms with Crippen LogP contribution < -0.4 is 20.1 Å². The third-order valence-corrected chi connectivity index (χ3v) is 7.47. The van der Waals surface area contributed by atoms with Crippen LogP contribution in [0.4, 0.5) is 10.9 Å². The standard InChI is InChI=1S/C32H34N6O4S/c39-29-21-23-9-7-12-26(19-23)41-17-5-1-2-6-18-42-27-13-8-10-24(20-27)22-30(40)34-32-38-37-31(43-32)14-4-3-11-25-15-16-28(33-29)36-35-25/h1-2,7-10,12-13,15-16,19-20H,3-6,11,14,17-18,21-22H2,(H,33,36,39)(H,34,38,40)/b2-1+. The van der Waals surface area contributed by atoms with E-state index in [1.54, 1.807) is 6.07 Å². The maximum absolute atomic E-state index is 12.6. The van der Waals surface area contributed by atoms with E-state index in [-0.39, 0.29) is 24.7 Å². The van der Waals surface area contributed by atoms with E-state index in [2.05, 4.69) is 43.2 Å². The molecule has 10 nitrogen and oxygen atoms in total. The average Bonchev–Trinajstić information content (AvgIpc) is 3.44. The lowest BCUT2D eigenvalue weighted by molar-refractivity contribution is -0.116. The smallest absolute Gasteiger partial charge is 0.230 e. The van der Waals surface area contributed by atoms with Crippen molar-refractivity contribution >= 4 is 34.1 Å². The van der Waals surface area contributed by atoms with Crippen LogP contribution in [0.3, 0.4) is 0 Å². The summed E-state index contributed by atoms with van der Waals surface area (Å²) in [4.78, 5) is 25.2. The van der Waals surface area contributed by atoms with Gasteiger partial charge in [-0.1, -0.05) is 47.8 Å². The van der Waals surface area contributed by atoms with Crippen LogP contribution in [0.15, 0.2) is 72.8 Å². The van der Waals surface area contributed by atoms with Gasteiger partial charge in [-0.3, -0.25) is 9.59 Å². The van der Waals surface area contributed by atoms with Gasteiger partial charge in [0.05, 0.1) is 31.7 Å². The Balaban J connectivity index is 1.21. The Morgan fingerprint density at radius 3 is 1.98 bits per heavy atom. The Kier molecular flexibility index (Phi) is 10.8. The second-order valence-electron chi connectivity index (χ2n) is 10.1. The first-order valence-corrected chi connectivity index (χ1v) is 15.2. The highest BCUT2D eigenvalue weighted by atomic mass is 32.1. The molecule has 0 fully saturated rings. The summed E-state index contributed by atoms with van der Waals surface area (Å²) in [5.41, 5.74) is 2.57. The maximum Gasteiger partial charge on any atom is 0.230 e. The molecule has 2 aromatic carbocycles. The van der Waals surface area contributed by atoms with E-state index < -0.39 is 0 Å². The van der Waals surface area contributed by atoms with Crippen LogP contribution in [0.25, 0.3) is 0 Å². The molecule has 2 aliphatic heterocycles. The number of fused-ring (bicyclic) bond motifs is 15. The number of nitrogens with zero attached hydrogens (tertiary/aromatic N) is 4. The molecule has 2 aliphatic rings. The molecule has 2 N–H and O–H groups in total. The van der Waals surface area contributed by atoms with Gasteiger partial charge in [0.1, 0.15) is 16.5 Å². The van der Waals surface area contributed by atoms with E-state index in [0.29, 0.717) is 24.2 Å². The number of hydrogen-bond donors (Lipinski definition) is 2. The Morgan fingerprint density at radius 1 is 0.674 bits per heavy atom. The molecule has 222 valence electrons. The van der Waals surface area contributed by atoms with Crippen LogP contribution in [-0.4, -0.2) is 45.4 Å². The minimum absolute atomic E-state index is 0.148. The molecule has 43 heavy (non-hydrogen) atoms. The van der Waals surface area contributed by atoms with E-state index in [9.17, 15) is 9.59 Å². The minimum atomic E-state index is -0.168. The molecule has 11 heteroatoms. The third-order valence-electron chi connectivity index (χ3n) is 6.57. The Hall–Kier alpha value is -4.64. The number of aryl methyl sites for hydroxylation is 2. The van der Waals surface area contributed by atoms with Gasteiger partial charge in [0.25, 0.3) is 0 Å². The van der Waals surface area contributed by atoms with Gasteiger partial charge in [0, 0.05) is 6.42 Å². The van der Waals surface area contributed by atoms with Crippen LogP contribution >= 0.6 is 11.3 Å². The topological polar surface area (TPSA) is 128 Å². The summed E-state index contributed by atoms with van der Waals surface area (Å²) in [6.45, 7) is 1.05. The van der Waals surface area contributed by atoms with Crippen molar-refractivity contribution in [3.8, 4) is 11.5 Å². The van der Waals surface area contributed by atoms with Gasteiger partial charge < -0.3 is 20.1 Å². The fraction of sp³-hybridized carbons (Fsp3) is 0.312. The molecule has 0 aliphatic carbocycles. The highest BCUT2D eigenvalue weighted by molar-refractivity contribution is 7.15. The van der Waals surface area contributed by atoms with Gasteiger partial charge in [0.15, 0.2) is 5.82 Å². The molecule has 0 atom stereocenters. The van der Waals surface area contributed by atoms with E-state index in [4.69, 9.17) is 9.47 Å². The number of anilines is 2. The zero-order valence-corrected chi connectivity index (χ0v) is 24.6. The number of hydrogen-bond acceptors (Lipinski definition) is 9. The van der Waals surface area contributed by atoms with Crippen molar-refractivity contribution < 1.29 is 19.1 Å². The molecule has 0 spiro atoms. The lowest BCUT2D eigenvalue weighted by atomic mass is 10.1. The molecule has 4 aromatic rings. The molecular formula is C32H34N6O4S. The normalized spacial score (nSPS) is 16.5. The van der Waals surface area contributed by atoms with E-state index in [1.807, 2.05) is 54.6 Å². The first kappa shape index (κ1) is 29.8. The first-order valence-electron chi connectivity index (χ1n) is 14.4. The molecule has 8 bridgehead atoms. The summed E-state index contributed by atoms with van der Waals surface area (Å²) in [7, 11) is 0. The molecule has 0 unspecified atom stereocenters. The Morgan fingerprint density at radius 2 is 1.33 bits per heavy atom. The Bertz CT molecular complexity index is 1540. The van der Waals surface area contributed by atoms with E-state index in [1.165, 1.54) is 11.3 Å². The van der Waals surface area contributed by atoms with Crippen molar-refractivity contribution in [3.05, 3.63) is 94.6 Å². The van der Waals surface area contributed by atoms with Gasteiger partial charge in [-0.25, -0.2) is 0 Å². The monoisotopic (exact) mass is 598 g/mol. The van der Waals surface area contributed by atoms with E-state index >= 15 is 0 Å². The summed E-state index contributed by atoms with van der Waals surface area (Å²) >= 11 is 1.39. The first-order chi connectivity index (χ1) is 21.1. The fourth-order valence-electron chi connectivity index (χ4n) is 4.48. The maximum atomic E-state index is 12.6. The molecule has 4 heterocycles. The average molecular weight is 599 g/mol. The summed E-state index contributed by atoms with van der Waals surface area (Å²) in [5, 5.41) is 23.8. The summed E-state index contributed by atoms with van der Waals surface area (Å²) in [5.74, 6) is 1.56. The number of rotatable bonds is 0. The van der Waals surface area contributed by atoms with Crippen LogP contribution in [0.2, 0.25) is 0 Å². The SMILES string of the molecule is O=C1Cc2cccc(c2)OCC/C=C/CCOc2cccc(c2)CC(=O)Nc2nnc(s2)CCCCc2ccc(nn2)N1. The largest absolute Gasteiger partial charge is 0.493 e. The molecule has 2 aromatic heterocycles. The van der Waals surface area contributed by atoms with Gasteiger partial charge in [-0.15, -0.1) is 15.3 Å². The summed E-state index contributed by atoms with van der Waals surface area (Å²) in [6.07, 6.45) is 9.37. The van der Waals surface area contributed by atoms with Gasteiger partial charge in [-0.2, -0.15) is 5.10 Å². The van der Waals surface area contributed by atoms with Crippen LogP contribution in [0, 0.1) is 0 Å². The molecule has 0 radical (unpaired) electrons. The van der Waals surface area contributed by atoms with Gasteiger partial charge in [-0.05, 0) is 79.6 Å². The Labute approximate surface area is 254 Å². The predicted octanol–water partition coefficient (Wildman–Crippen LogP) is 5.36. The van der Waals surface area contributed by atoms with Crippen molar-refractivity contribution in [2.45, 2.75) is 51.4 Å². The molecule has 6 rings (SSSR count). The van der Waals surface area contributed by atoms with Gasteiger partial charge in [0.2, 0.25) is 16.9 Å². The number of amides is 2. The lowest BCUT2D eigenvalue weighted by Crippen LogP contribution is -2.16. The summed E-state index contributed by atoms with van der Waals surface area (Å²) < 4.78 is 11.8. The molecule has 0 saturated heterocycles.